The van der Waals surface area contributed by atoms with Crippen LogP contribution >= 0.6 is 0 Å². The molecule has 1 N–H and O–H groups in total. The van der Waals surface area contributed by atoms with E-state index in [1.165, 1.54) is 6.42 Å². The molecule has 0 spiro atoms. The van der Waals surface area contributed by atoms with Crippen molar-refractivity contribution in [2.45, 2.75) is 44.8 Å². The molecule has 21 heavy (non-hydrogen) atoms. The highest BCUT2D eigenvalue weighted by molar-refractivity contribution is 5.43. The monoisotopic (exact) mass is 293 g/mol. The molecule has 2 atom stereocenters. The van der Waals surface area contributed by atoms with Crippen LogP contribution in [0.1, 0.15) is 44.2 Å². The molecule has 1 aliphatic heterocycles. The van der Waals surface area contributed by atoms with Gasteiger partial charge in [-0.3, -0.25) is 0 Å². The molecule has 0 amide bonds. The molecule has 1 aromatic carbocycles. The summed E-state index contributed by atoms with van der Waals surface area (Å²) in [6.07, 6.45) is 4.80. The summed E-state index contributed by atoms with van der Waals surface area (Å²) in [5.41, 5.74) is 1.15. The zero-order chi connectivity index (χ0) is 15.1. The van der Waals surface area contributed by atoms with Crippen molar-refractivity contribution in [3.8, 4) is 11.5 Å². The van der Waals surface area contributed by atoms with E-state index in [2.05, 4.69) is 18.3 Å². The maximum absolute atomic E-state index is 6.00. The Morgan fingerprint density at radius 1 is 1.29 bits per heavy atom. The summed E-state index contributed by atoms with van der Waals surface area (Å²) in [7, 11) is 3.38. The second-order valence-electron chi connectivity index (χ2n) is 5.44. The molecule has 1 aliphatic rings. The maximum atomic E-state index is 6.00. The summed E-state index contributed by atoms with van der Waals surface area (Å²) in [5, 5.41) is 3.62. The van der Waals surface area contributed by atoms with Gasteiger partial charge >= 0.3 is 0 Å². The Hall–Kier alpha value is -1.26. The van der Waals surface area contributed by atoms with Crippen LogP contribution in [0, 0.1) is 0 Å². The van der Waals surface area contributed by atoms with Gasteiger partial charge in [0.05, 0.1) is 26.4 Å². The quantitative estimate of drug-likeness (QED) is 0.837. The van der Waals surface area contributed by atoms with E-state index in [1.807, 2.05) is 12.1 Å². The first-order chi connectivity index (χ1) is 10.3. The van der Waals surface area contributed by atoms with Crippen LogP contribution in [0.15, 0.2) is 18.2 Å². The predicted molar refractivity (Wildman–Crippen MR) is 84.2 cm³/mol. The molecule has 2 unspecified atom stereocenters. The Bertz CT molecular complexity index is 430. The third-order valence-electron chi connectivity index (χ3n) is 3.98. The molecule has 0 aromatic heterocycles. The van der Waals surface area contributed by atoms with E-state index in [4.69, 9.17) is 14.2 Å². The van der Waals surface area contributed by atoms with Crippen molar-refractivity contribution in [2.24, 2.45) is 0 Å². The first-order valence-electron chi connectivity index (χ1n) is 7.87. The molecule has 1 heterocycles. The van der Waals surface area contributed by atoms with Gasteiger partial charge in [0.25, 0.3) is 0 Å². The lowest BCUT2D eigenvalue weighted by Crippen LogP contribution is -2.36. The van der Waals surface area contributed by atoms with Gasteiger partial charge in [-0.2, -0.15) is 0 Å². The molecule has 118 valence electrons. The van der Waals surface area contributed by atoms with Crippen LogP contribution in [-0.4, -0.2) is 33.5 Å². The average Bonchev–Trinajstić information content (AvgIpc) is 2.56. The molecular formula is C17H27NO3. The lowest BCUT2D eigenvalue weighted by Gasteiger charge is -2.32. The number of rotatable bonds is 7. The van der Waals surface area contributed by atoms with E-state index < -0.39 is 0 Å². The Balaban J connectivity index is 2.25. The number of hydrogen-bond donors (Lipinski definition) is 1. The van der Waals surface area contributed by atoms with Gasteiger partial charge in [-0.1, -0.05) is 6.92 Å². The third kappa shape index (κ3) is 4.11. The lowest BCUT2D eigenvalue weighted by molar-refractivity contribution is -0.00860. The van der Waals surface area contributed by atoms with E-state index in [1.54, 1.807) is 14.2 Å². The van der Waals surface area contributed by atoms with Gasteiger partial charge in [0, 0.05) is 18.2 Å². The second-order valence-corrected chi connectivity index (χ2v) is 5.44. The number of nitrogens with one attached hydrogen (secondary N) is 1. The highest BCUT2D eigenvalue weighted by atomic mass is 16.5. The van der Waals surface area contributed by atoms with Crippen molar-refractivity contribution in [3.63, 3.8) is 0 Å². The predicted octanol–water partition coefficient (Wildman–Crippen LogP) is 3.31. The van der Waals surface area contributed by atoms with Gasteiger partial charge in [-0.15, -0.1) is 0 Å². The number of hydrogen-bond acceptors (Lipinski definition) is 4. The van der Waals surface area contributed by atoms with Gasteiger partial charge in [0.1, 0.15) is 11.5 Å². The summed E-state index contributed by atoms with van der Waals surface area (Å²) in [6, 6.07) is 6.19. The van der Waals surface area contributed by atoms with Crippen molar-refractivity contribution in [1.82, 2.24) is 5.32 Å². The van der Waals surface area contributed by atoms with Crippen LogP contribution in [-0.2, 0) is 4.74 Å². The van der Waals surface area contributed by atoms with Crippen LogP contribution in [0.25, 0.3) is 0 Å². The summed E-state index contributed by atoms with van der Waals surface area (Å²) < 4.78 is 16.8. The summed E-state index contributed by atoms with van der Waals surface area (Å²) >= 11 is 0. The summed E-state index contributed by atoms with van der Waals surface area (Å²) in [6.45, 7) is 4.00. The van der Waals surface area contributed by atoms with Gasteiger partial charge in [0.2, 0.25) is 0 Å². The number of benzene rings is 1. The Kier molecular flexibility index (Phi) is 6.33. The fraction of sp³-hybridized carbons (Fsp3) is 0.647. The van der Waals surface area contributed by atoms with Gasteiger partial charge in [0.15, 0.2) is 0 Å². The Morgan fingerprint density at radius 2 is 2.14 bits per heavy atom. The normalized spacial score (nSPS) is 20.0. The molecule has 1 fully saturated rings. The zero-order valence-electron chi connectivity index (χ0n) is 13.4. The highest BCUT2D eigenvalue weighted by Crippen LogP contribution is 2.34. The van der Waals surface area contributed by atoms with Crippen LogP contribution < -0.4 is 14.8 Å². The van der Waals surface area contributed by atoms with E-state index in [9.17, 15) is 0 Å². The van der Waals surface area contributed by atoms with Crippen LogP contribution in [0.3, 0.4) is 0 Å². The lowest BCUT2D eigenvalue weighted by atomic mass is 9.94. The first-order valence-corrected chi connectivity index (χ1v) is 7.87. The fourth-order valence-corrected chi connectivity index (χ4v) is 2.85. The maximum Gasteiger partial charge on any atom is 0.127 e. The molecule has 0 saturated carbocycles. The third-order valence-corrected chi connectivity index (χ3v) is 3.98. The first kappa shape index (κ1) is 16.1. The topological polar surface area (TPSA) is 39.7 Å². The molecule has 4 heteroatoms. The molecule has 0 radical (unpaired) electrons. The molecular weight excluding hydrogens is 266 g/mol. The second kappa shape index (κ2) is 8.25. The number of methoxy groups -OCH3 is 2. The van der Waals surface area contributed by atoms with Crippen molar-refractivity contribution in [1.29, 1.82) is 0 Å². The molecule has 1 saturated heterocycles. The minimum Gasteiger partial charge on any atom is -0.497 e. The van der Waals surface area contributed by atoms with Crippen molar-refractivity contribution in [3.05, 3.63) is 23.8 Å². The minimum atomic E-state index is 0.172. The van der Waals surface area contributed by atoms with E-state index >= 15 is 0 Å². The van der Waals surface area contributed by atoms with Crippen molar-refractivity contribution < 1.29 is 14.2 Å². The molecule has 2 rings (SSSR count). The fourth-order valence-electron chi connectivity index (χ4n) is 2.85. The van der Waals surface area contributed by atoms with E-state index in [-0.39, 0.29) is 12.1 Å². The largest absolute Gasteiger partial charge is 0.497 e. The molecule has 1 aromatic rings. The van der Waals surface area contributed by atoms with Crippen LogP contribution in [0.2, 0.25) is 0 Å². The molecule has 4 nitrogen and oxygen atoms in total. The molecule has 0 bridgehead atoms. The van der Waals surface area contributed by atoms with Crippen LogP contribution in [0.5, 0.6) is 11.5 Å². The molecule has 0 aliphatic carbocycles. The zero-order valence-corrected chi connectivity index (χ0v) is 13.4. The van der Waals surface area contributed by atoms with Gasteiger partial charge in [-0.25, -0.2) is 0 Å². The average molecular weight is 293 g/mol. The van der Waals surface area contributed by atoms with E-state index in [0.29, 0.717) is 0 Å². The number of ether oxygens (including phenoxy) is 3. The standard InChI is InChI=1S/C17H27NO3/c1-4-10-18-17(15-7-5-6-11-21-15)14-9-8-13(19-2)12-16(14)20-3/h8-9,12,15,17-18H,4-7,10-11H2,1-3H3. The Morgan fingerprint density at radius 3 is 2.76 bits per heavy atom. The smallest absolute Gasteiger partial charge is 0.127 e. The van der Waals surface area contributed by atoms with Crippen molar-refractivity contribution >= 4 is 0 Å². The Labute approximate surface area is 127 Å². The highest BCUT2D eigenvalue weighted by Gasteiger charge is 2.27. The van der Waals surface area contributed by atoms with Crippen LogP contribution in [0.4, 0.5) is 0 Å². The van der Waals surface area contributed by atoms with Crippen molar-refractivity contribution in [2.75, 3.05) is 27.4 Å². The summed E-state index contributed by atoms with van der Waals surface area (Å²) in [5.74, 6) is 1.67. The SMILES string of the molecule is CCCNC(c1ccc(OC)cc1OC)C1CCCCO1. The van der Waals surface area contributed by atoms with Gasteiger partial charge in [-0.05, 0) is 44.4 Å². The van der Waals surface area contributed by atoms with Gasteiger partial charge < -0.3 is 19.5 Å². The van der Waals surface area contributed by atoms with E-state index in [0.717, 1.165) is 49.5 Å². The summed E-state index contributed by atoms with van der Waals surface area (Å²) in [4.78, 5) is 0. The minimum absolute atomic E-state index is 0.172.